The van der Waals surface area contributed by atoms with Gasteiger partial charge in [0, 0.05) is 10.7 Å². The Balaban J connectivity index is 2.03. The third-order valence-electron chi connectivity index (χ3n) is 2.52. The highest BCUT2D eigenvalue weighted by atomic mass is 35.5. The third kappa shape index (κ3) is 3.69. The Hall–Kier alpha value is -2.07. The summed E-state index contributed by atoms with van der Waals surface area (Å²) in [6.45, 7) is 0. The van der Waals surface area contributed by atoms with Crippen molar-refractivity contribution in [3.8, 4) is 5.75 Å². The number of amides is 1. The quantitative estimate of drug-likeness (QED) is 0.847. The lowest BCUT2D eigenvalue weighted by Crippen LogP contribution is -2.15. The normalized spacial score (nSPS) is 10.2. The van der Waals surface area contributed by atoms with Gasteiger partial charge in [-0.2, -0.15) is 0 Å². The van der Waals surface area contributed by atoms with Crippen molar-refractivity contribution in [2.75, 3.05) is 5.32 Å². The Kier molecular flexibility index (Phi) is 4.02. The van der Waals surface area contributed by atoms with Gasteiger partial charge < -0.3 is 10.4 Å². The molecule has 0 saturated heterocycles. The van der Waals surface area contributed by atoms with Crippen LogP contribution < -0.4 is 5.32 Å². The summed E-state index contributed by atoms with van der Waals surface area (Å²) < 4.78 is 13.5. The van der Waals surface area contributed by atoms with E-state index in [1.807, 2.05) is 0 Å². The number of carbonyl (C=O) groups excluding carboxylic acids is 1. The summed E-state index contributed by atoms with van der Waals surface area (Å²) in [5.41, 5.74) is 0.817. The fourth-order valence-electron chi connectivity index (χ4n) is 1.59. The van der Waals surface area contributed by atoms with Gasteiger partial charge in [-0.1, -0.05) is 17.7 Å². The highest BCUT2D eigenvalue weighted by molar-refractivity contribution is 6.30. The molecule has 0 aliphatic rings. The van der Waals surface area contributed by atoms with Crippen molar-refractivity contribution in [2.24, 2.45) is 0 Å². The van der Waals surface area contributed by atoms with Crippen molar-refractivity contribution in [1.82, 2.24) is 0 Å². The maximum Gasteiger partial charge on any atom is 0.228 e. The van der Waals surface area contributed by atoms with Gasteiger partial charge in [-0.15, -0.1) is 0 Å². The highest BCUT2D eigenvalue weighted by Gasteiger charge is 2.09. The number of benzene rings is 2. The molecule has 2 rings (SSSR count). The van der Waals surface area contributed by atoms with Gasteiger partial charge in [0.25, 0.3) is 0 Å². The lowest BCUT2D eigenvalue weighted by molar-refractivity contribution is -0.115. The molecule has 0 aromatic heterocycles. The smallest absolute Gasteiger partial charge is 0.228 e. The zero-order chi connectivity index (χ0) is 13.8. The van der Waals surface area contributed by atoms with E-state index in [0.29, 0.717) is 10.7 Å². The van der Waals surface area contributed by atoms with Crippen molar-refractivity contribution in [3.63, 3.8) is 0 Å². The maximum atomic E-state index is 13.5. The molecule has 0 radical (unpaired) electrons. The molecule has 98 valence electrons. The number of phenols is 1. The van der Waals surface area contributed by atoms with Crippen LogP contribution in [0, 0.1) is 5.82 Å². The average Bonchev–Trinajstić information content (AvgIpc) is 2.36. The van der Waals surface area contributed by atoms with Crippen LogP contribution in [0.15, 0.2) is 42.5 Å². The third-order valence-corrected chi connectivity index (χ3v) is 2.75. The fourth-order valence-corrected chi connectivity index (χ4v) is 1.75. The number of halogens is 2. The molecule has 0 spiro atoms. The second-order valence-corrected chi connectivity index (χ2v) is 4.44. The standard InChI is InChI=1S/C14H11ClFNO2/c15-10-2-1-9(13(16)8-10)7-14(19)17-11-3-5-12(18)6-4-11/h1-6,8,18H,7H2,(H,17,19). The van der Waals surface area contributed by atoms with Crippen LogP contribution in [0.1, 0.15) is 5.56 Å². The Morgan fingerprint density at radius 3 is 2.53 bits per heavy atom. The zero-order valence-corrected chi connectivity index (χ0v) is 10.6. The molecule has 1 amide bonds. The monoisotopic (exact) mass is 279 g/mol. The zero-order valence-electron chi connectivity index (χ0n) is 9.86. The van der Waals surface area contributed by atoms with Crippen LogP contribution in [0.3, 0.4) is 0 Å². The first-order valence-corrected chi connectivity index (χ1v) is 5.95. The SMILES string of the molecule is O=C(Cc1ccc(Cl)cc1F)Nc1ccc(O)cc1. The summed E-state index contributed by atoms with van der Waals surface area (Å²) in [6.07, 6.45) is -0.0795. The molecule has 2 aromatic rings. The van der Waals surface area contributed by atoms with E-state index in [4.69, 9.17) is 16.7 Å². The molecule has 0 atom stereocenters. The largest absolute Gasteiger partial charge is 0.508 e. The Labute approximate surface area is 114 Å². The lowest BCUT2D eigenvalue weighted by atomic mass is 10.1. The van der Waals surface area contributed by atoms with Gasteiger partial charge in [0.1, 0.15) is 11.6 Å². The summed E-state index contributed by atoms with van der Waals surface area (Å²) in [5.74, 6) is -0.734. The van der Waals surface area contributed by atoms with Gasteiger partial charge in [-0.05, 0) is 42.0 Å². The summed E-state index contributed by atoms with van der Waals surface area (Å²) in [7, 11) is 0. The first-order valence-electron chi connectivity index (χ1n) is 5.57. The Morgan fingerprint density at radius 2 is 1.89 bits per heavy atom. The number of aromatic hydroxyl groups is 1. The maximum absolute atomic E-state index is 13.5. The predicted octanol–water partition coefficient (Wildman–Crippen LogP) is 3.37. The van der Waals surface area contributed by atoms with Crippen molar-refractivity contribution >= 4 is 23.2 Å². The number of carbonyl (C=O) groups is 1. The molecular formula is C14H11ClFNO2. The van der Waals surface area contributed by atoms with Crippen LogP contribution in [0.4, 0.5) is 10.1 Å². The van der Waals surface area contributed by atoms with Gasteiger partial charge in [0.15, 0.2) is 0 Å². The molecular weight excluding hydrogens is 269 g/mol. The molecule has 0 heterocycles. The van der Waals surface area contributed by atoms with Crippen molar-refractivity contribution in [3.05, 3.63) is 58.9 Å². The summed E-state index contributed by atoms with van der Waals surface area (Å²) in [6, 6.07) is 10.2. The average molecular weight is 280 g/mol. The number of nitrogens with one attached hydrogen (secondary N) is 1. The number of anilines is 1. The Morgan fingerprint density at radius 1 is 1.21 bits per heavy atom. The van der Waals surface area contributed by atoms with Crippen molar-refractivity contribution < 1.29 is 14.3 Å². The van der Waals surface area contributed by atoms with Gasteiger partial charge >= 0.3 is 0 Å². The molecule has 0 fully saturated rings. The molecule has 2 aromatic carbocycles. The number of phenolic OH excluding ortho intramolecular Hbond substituents is 1. The van der Waals surface area contributed by atoms with Crippen LogP contribution in [-0.2, 0) is 11.2 Å². The first-order chi connectivity index (χ1) is 9.04. The fraction of sp³-hybridized carbons (Fsp3) is 0.0714. The van der Waals surface area contributed by atoms with E-state index in [9.17, 15) is 9.18 Å². The molecule has 0 bridgehead atoms. The molecule has 2 N–H and O–H groups in total. The van der Waals surface area contributed by atoms with Gasteiger partial charge in [-0.25, -0.2) is 4.39 Å². The van der Waals surface area contributed by atoms with Gasteiger partial charge in [0.2, 0.25) is 5.91 Å². The molecule has 3 nitrogen and oxygen atoms in total. The second-order valence-electron chi connectivity index (χ2n) is 4.01. The van der Waals surface area contributed by atoms with Gasteiger partial charge in [-0.3, -0.25) is 4.79 Å². The second kappa shape index (κ2) is 5.71. The van der Waals surface area contributed by atoms with E-state index in [2.05, 4.69) is 5.32 Å². The number of hydrogen-bond acceptors (Lipinski definition) is 2. The topological polar surface area (TPSA) is 49.3 Å². The summed E-state index contributed by atoms with van der Waals surface area (Å²) in [4.78, 5) is 11.7. The van der Waals surface area contributed by atoms with Crippen LogP contribution in [-0.4, -0.2) is 11.0 Å². The van der Waals surface area contributed by atoms with Crippen LogP contribution in [0.5, 0.6) is 5.75 Å². The predicted molar refractivity (Wildman–Crippen MR) is 71.9 cm³/mol. The van der Waals surface area contributed by atoms with Crippen LogP contribution in [0.25, 0.3) is 0 Å². The van der Waals surface area contributed by atoms with E-state index < -0.39 is 5.82 Å². The summed E-state index contributed by atoms with van der Waals surface area (Å²) in [5, 5.41) is 12.0. The Bertz CT molecular complexity index is 599. The van der Waals surface area contributed by atoms with E-state index in [1.165, 1.54) is 30.3 Å². The van der Waals surface area contributed by atoms with Crippen LogP contribution >= 0.6 is 11.6 Å². The number of rotatable bonds is 3. The van der Waals surface area contributed by atoms with Crippen LogP contribution in [0.2, 0.25) is 5.02 Å². The molecule has 19 heavy (non-hydrogen) atoms. The number of hydrogen-bond donors (Lipinski definition) is 2. The van der Waals surface area contributed by atoms with Gasteiger partial charge in [0.05, 0.1) is 6.42 Å². The van der Waals surface area contributed by atoms with Crippen molar-refractivity contribution in [2.45, 2.75) is 6.42 Å². The molecule has 0 aliphatic carbocycles. The van der Waals surface area contributed by atoms with E-state index in [1.54, 1.807) is 12.1 Å². The molecule has 0 unspecified atom stereocenters. The molecule has 0 aliphatic heterocycles. The molecule has 5 heteroatoms. The minimum Gasteiger partial charge on any atom is -0.508 e. The lowest BCUT2D eigenvalue weighted by Gasteiger charge is -2.06. The minimum atomic E-state index is -0.506. The van der Waals surface area contributed by atoms with Crippen molar-refractivity contribution in [1.29, 1.82) is 0 Å². The summed E-state index contributed by atoms with van der Waals surface area (Å²) >= 11 is 5.63. The molecule has 0 saturated carbocycles. The first kappa shape index (κ1) is 13.4. The highest BCUT2D eigenvalue weighted by Crippen LogP contribution is 2.17. The van der Waals surface area contributed by atoms with E-state index in [0.717, 1.165) is 0 Å². The minimum absolute atomic E-state index is 0.0795. The van der Waals surface area contributed by atoms with E-state index >= 15 is 0 Å². The van der Waals surface area contributed by atoms with E-state index in [-0.39, 0.29) is 23.6 Å².